The first-order valence-corrected chi connectivity index (χ1v) is 4.87. The molecule has 1 aromatic carbocycles. The predicted octanol–water partition coefficient (Wildman–Crippen LogP) is -2.75. The minimum atomic E-state index is -4.49. The van der Waals surface area contributed by atoms with Crippen LogP contribution in [0.2, 0.25) is 5.02 Å². The first kappa shape index (κ1) is 13.6. The number of rotatable bonds is 1. The zero-order chi connectivity index (χ0) is 10.2. The normalized spacial score (nSPS) is 10.7. The number of hydrogen-bond donors (Lipinski definition) is 2. The van der Waals surface area contributed by atoms with Gasteiger partial charge in [0, 0.05) is 0 Å². The van der Waals surface area contributed by atoms with E-state index in [-0.39, 0.29) is 29.6 Å². The summed E-state index contributed by atoms with van der Waals surface area (Å²) in [4.78, 5) is -0.667. The van der Waals surface area contributed by atoms with Gasteiger partial charge in [-0.3, -0.25) is 4.55 Å². The van der Waals surface area contributed by atoms with Crippen LogP contribution in [0.4, 0.5) is 5.69 Å². The molecule has 0 bridgehead atoms. The Morgan fingerprint density at radius 2 is 1.93 bits per heavy atom. The van der Waals surface area contributed by atoms with Crippen LogP contribution in [0.3, 0.4) is 0 Å². The van der Waals surface area contributed by atoms with Crippen LogP contribution in [0.25, 0.3) is 0 Å². The van der Waals surface area contributed by atoms with E-state index < -0.39 is 20.8 Å². The molecule has 0 heterocycles. The molecule has 5 nitrogen and oxygen atoms in total. The van der Waals surface area contributed by atoms with Crippen molar-refractivity contribution in [3.63, 3.8) is 0 Å². The van der Waals surface area contributed by atoms with Crippen molar-refractivity contribution in [3.05, 3.63) is 17.2 Å². The third kappa shape index (κ3) is 2.80. The fourth-order valence-electron chi connectivity index (χ4n) is 0.781. The van der Waals surface area contributed by atoms with E-state index in [2.05, 4.69) is 0 Å². The largest absolute Gasteiger partial charge is 1.00 e. The molecular weight excluding hydrogens is 225 g/mol. The van der Waals surface area contributed by atoms with Gasteiger partial charge < -0.3 is 10.8 Å². The van der Waals surface area contributed by atoms with E-state index in [9.17, 15) is 13.5 Å². The summed E-state index contributed by atoms with van der Waals surface area (Å²) in [6.45, 7) is 0. The second kappa shape index (κ2) is 4.42. The molecule has 0 aliphatic carbocycles. The summed E-state index contributed by atoms with van der Waals surface area (Å²) in [6.07, 6.45) is 0. The van der Waals surface area contributed by atoms with E-state index in [1.807, 2.05) is 0 Å². The Morgan fingerprint density at radius 3 is 2.36 bits per heavy atom. The maximum atomic E-state index is 10.8. The zero-order valence-electron chi connectivity index (χ0n) is 7.19. The summed E-state index contributed by atoms with van der Waals surface area (Å²) in [5.41, 5.74) is 5.03. The van der Waals surface area contributed by atoms with Crippen molar-refractivity contribution < 1.29 is 36.9 Å². The van der Waals surface area contributed by atoms with Gasteiger partial charge in [0.1, 0.15) is 4.90 Å². The standard InChI is InChI=1S/C6H6ClNO4S.Li/c7-6-4(8)1-3(9)2-5(6)13(10,11)12;/h1-2,9H,8H2,(H,10,11,12);/q;+1/p-1. The van der Waals surface area contributed by atoms with E-state index in [1.54, 1.807) is 0 Å². The van der Waals surface area contributed by atoms with Gasteiger partial charge in [-0.2, -0.15) is 8.42 Å². The Kier molecular flexibility index (Phi) is 4.30. The van der Waals surface area contributed by atoms with Gasteiger partial charge in [-0.1, -0.05) is 11.6 Å². The Balaban J connectivity index is 0.00000169. The van der Waals surface area contributed by atoms with E-state index in [4.69, 9.17) is 21.9 Å². The molecule has 0 fully saturated rings. The molecular formula is C6H5ClLiNO4S. The van der Waals surface area contributed by atoms with E-state index in [1.165, 1.54) is 0 Å². The average Bonchev–Trinajstić information content (AvgIpc) is 1.94. The molecule has 3 N–H and O–H groups in total. The molecule has 0 atom stereocenters. The van der Waals surface area contributed by atoms with Gasteiger partial charge in [0.2, 0.25) is 0 Å². The molecule has 0 amide bonds. The van der Waals surface area contributed by atoms with Crippen LogP contribution in [0, 0.1) is 0 Å². The maximum absolute atomic E-state index is 10.8. The SMILES string of the molecule is Nc1cc([O-])cc(S(=O)(=O)O)c1Cl.[Li+]. The molecule has 0 spiro atoms. The molecule has 0 unspecified atom stereocenters. The number of nitrogens with two attached hydrogens (primary N) is 1. The molecule has 1 rings (SSSR count). The number of anilines is 1. The third-order valence-electron chi connectivity index (χ3n) is 1.32. The van der Waals surface area contributed by atoms with Gasteiger partial charge in [-0.15, -0.1) is 5.75 Å². The van der Waals surface area contributed by atoms with Gasteiger partial charge in [0.25, 0.3) is 10.1 Å². The van der Waals surface area contributed by atoms with Crippen LogP contribution < -0.4 is 29.7 Å². The van der Waals surface area contributed by atoms with Gasteiger partial charge in [-0.25, -0.2) is 0 Å². The van der Waals surface area contributed by atoms with Crippen molar-refractivity contribution in [1.29, 1.82) is 0 Å². The summed E-state index contributed by atoms with van der Waals surface area (Å²) in [7, 11) is -4.49. The monoisotopic (exact) mass is 229 g/mol. The van der Waals surface area contributed by atoms with Crippen molar-refractivity contribution in [2.24, 2.45) is 0 Å². The molecule has 8 heteroatoms. The van der Waals surface area contributed by atoms with E-state index >= 15 is 0 Å². The fourth-order valence-corrected chi connectivity index (χ4v) is 1.79. The second-order valence-electron chi connectivity index (χ2n) is 2.30. The molecule has 1 aromatic rings. The number of benzene rings is 1. The van der Waals surface area contributed by atoms with Crippen molar-refractivity contribution in [3.8, 4) is 5.75 Å². The summed E-state index contributed by atoms with van der Waals surface area (Å²) >= 11 is 5.45. The Morgan fingerprint density at radius 1 is 1.43 bits per heavy atom. The first-order chi connectivity index (χ1) is 5.82. The van der Waals surface area contributed by atoms with Crippen molar-refractivity contribution in [2.45, 2.75) is 4.90 Å². The van der Waals surface area contributed by atoms with Crippen LogP contribution in [0.15, 0.2) is 17.0 Å². The molecule has 0 aliphatic rings. The number of halogens is 1. The maximum Gasteiger partial charge on any atom is 1.00 e. The number of nitrogen functional groups attached to an aromatic ring is 1. The molecule has 0 saturated heterocycles. The Hall–Kier alpha value is -0.383. The molecule has 0 aromatic heterocycles. The van der Waals surface area contributed by atoms with Crippen molar-refractivity contribution >= 4 is 27.4 Å². The van der Waals surface area contributed by atoms with Crippen LogP contribution in [0.5, 0.6) is 5.75 Å². The first-order valence-electron chi connectivity index (χ1n) is 3.06. The van der Waals surface area contributed by atoms with Crippen molar-refractivity contribution in [2.75, 3.05) is 5.73 Å². The zero-order valence-corrected chi connectivity index (χ0v) is 8.76. The summed E-state index contributed by atoms with van der Waals surface area (Å²) in [6, 6.07) is 1.67. The van der Waals surface area contributed by atoms with Gasteiger partial charge in [0.05, 0.1) is 10.7 Å². The van der Waals surface area contributed by atoms with E-state index in [0.717, 1.165) is 6.07 Å². The fraction of sp³-hybridized carbons (Fsp3) is 0. The smallest absolute Gasteiger partial charge is 0.872 e. The quantitative estimate of drug-likeness (QED) is 0.309. The predicted molar refractivity (Wildman–Crippen MR) is 45.1 cm³/mol. The van der Waals surface area contributed by atoms with Gasteiger partial charge in [0.15, 0.2) is 0 Å². The Bertz CT molecular complexity index is 447. The molecule has 0 saturated carbocycles. The average molecular weight is 230 g/mol. The third-order valence-corrected chi connectivity index (χ3v) is 2.73. The van der Waals surface area contributed by atoms with Crippen LogP contribution in [-0.4, -0.2) is 13.0 Å². The summed E-state index contributed by atoms with van der Waals surface area (Å²) in [5.74, 6) is -0.630. The van der Waals surface area contributed by atoms with Crippen LogP contribution in [-0.2, 0) is 10.1 Å². The molecule has 0 radical (unpaired) electrons. The van der Waals surface area contributed by atoms with Crippen LogP contribution in [0.1, 0.15) is 0 Å². The van der Waals surface area contributed by atoms with Crippen molar-refractivity contribution in [1.82, 2.24) is 0 Å². The minimum Gasteiger partial charge on any atom is -0.872 e. The van der Waals surface area contributed by atoms with Gasteiger partial charge in [-0.05, 0) is 12.1 Å². The van der Waals surface area contributed by atoms with E-state index in [0.29, 0.717) is 6.07 Å². The minimum absolute atomic E-state index is 0. The Labute approximate surface area is 97.8 Å². The number of hydrogen-bond acceptors (Lipinski definition) is 4. The molecule has 14 heavy (non-hydrogen) atoms. The topological polar surface area (TPSA) is 103 Å². The summed E-state index contributed by atoms with van der Waals surface area (Å²) < 4.78 is 29.9. The molecule has 72 valence electrons. The van der Waals surface area contributed by atoms with Gasteiger partial charge >= 0.3 is 18.9 Å². The second-order valence-corrected chi connectivity index (χ2v) is 4.07. The van der Waals surface area contributed by atoms with Crippen LogP contribution >= 0.6 is 11.6 Å². The summed E-state index contributed by atoms with van der Waals surface area (Å²) in [5, 5.41) is 10.5. The molecule has 0 aliphatic heterocycles.